The van der Waals surface area contributed by atoms with Crippen LogP contribution in [0.4, 0.5) is 5.69 Å². The molecule has 96 valence electrons. The summed E-state index contributed by atoms with van der Waals surface area (Å²) in [6.45, 7) is 2.05. The Morgan fingerprint density at radius 2 is 2.21 bits per heavy atom. The predicted octanol–water partition coefficient (Wildman–Crippen LogP) is 3.38. The Labute approximate surface area is 119 Å². The third kappa shape index (κ3) is 2.41. The highest BCUT2D eigenvalue weighted by Gasteiger charge is 2.09. The van der Waals surface area contributed by atoms with E-state index in [-0.39, 0.29) is 0 Å². The number of pyridine rings is 1. The minimum Gasteiger partial charge on any atom is -0.398 e. The molecular weight excluding hydrogens is 276 g/mol. The lowest BCUT2D eigenvalue weighted by atomic mass is 10.2. The summed E-state index contributed by atoms with van der Waals surface area (Å²) in [5.74, 6) is 0.889. The first-order chi connectivity index (χ1) is 9.28. The Kier molecular flexibility index (Phi) is 3.35. The third-order valence-electron chi connectivity index (χ3n) is 2.73. The van der Waals surface area contributed by atoms with Crippen LogP contribution in [-0.2, 0) is 6.42 Å². The number of fused-ring (bicyclic) bond motifs is 1. The molecular formula is C13H12N4S2. The van der Waals surface area contributed by atoms with Crippen LogP contribution in [0.3, 0.4) is 0 Å². The van der Waals surface area contributed by atoms with Crippen LogP contribution in [0.15, 0.2) is 39.7 Å². The Bertz CT molecular complexity index is 723. The fourth-order valence-electron chi connectivity index (χ4n) is 1.77. The van der Waals surface area contributed by atoms with Crippen LogP contribution in [0.5, 0.6) is 0 Å². The molecule has 0 radical (unpaired) electrons. The van der Waals surface area contributed by atoms with E-state index in [0.29, 0.717) is 0 Å². The van der Waals surface area contributed by atoms with Crippen molar-refractivity contribution < 1.29 is 0 Å². The maximum Gasteiger partial charge on any atom is 0.174 e. The molecule has 0 aliphatic heterocycles. The molecule has 0 saturated carbocycles. The largest absolute Gasteiger partial charge is 0.398 e. The van der Waals surface area contributed by atoms with Gasteiger partial charge in [0.05, 0.1) is 5.52 Å². The number of hydrogen-bond acceptors (Lipinski definition) is 6. The average molecular weight is 288 g/mol. The first kappa shape index (κ1) is 12.4. The number of aryl methyl sites for hydroxylation is 1. The second-order valence-electron chi connectivity index (χ2n) is 3.98. The van der Waals surface area contributed by atoms with Crippen molar-refractivity contribution in [2.45, 2.75) is 22.6 Å². The summed E-state index contributed by atoms with van der Waals surface area (Å²) < 4.78 is 5.23. The molecule has 0 amide bonds. The topological polar surface area (TPSA) is 64.7 Å². The van der Waals surface area contributed by atoms with Gasteiger partial charge in [0.1, 0.15) is 5.82 Å². The zero-order chi connectivity index (χ0) is 13.2. The molecule has 3 aromatic rings. The van der Waals surface area contributed by atoms with Gasteiger partial charge in [-0.15, -0.1) is 0 Å². The summed E-state index contributed by atoms with van der Waals surface area (Å²) in [5, 5.41) is 0.979. The number of nitrogens with two attached hydrogens (primary N) is 1. The van der Waals surface area contributed by atoms with Gasteiger partial charge in [-0.25, -0.2) is 4.98 Å². The van der Waals surface area contributed by atoms with Gasteiger partial charge in [0.15, 0.2) is 4.34 Å². The van der Waals surface area contributed by atoms with Gasteiger partial charge in [-0.3, -0.25) is 4.98 Å². The number of nitrogens with zero attached hydrogens (tertiary/aromatic N) is 3. The molecule has 0 aliphatic rings. The van der Waals surface area contributed by atoms with Crippen LogP contribution in [0, 0.1) is 0 Å². The molecule has 0 fully saturated rings. The van der Waals surface area contributed by atoms with E-state index < -0.39 is 0 Å². The Hall–Kier alpha value is -1.66. The molecule has 2 heterocycles. The number of aromatic nitrogens is 3. The monoisotopic (exact) mass is 288 g/mol. The van der Waals surface area contributed by atoms with E-state index in [1.807, 2.05) is 24.3 Å². The lowest BCUT2D eigenvalue weighted by Gasteiger charge is -2.05. The molecule has 3 rings (SSSR count). The van der Waals surface area contributed by atoms with Crippen molar-refractivity contribution in [3.8, 4) is 0 Å². The quantitative estimate of drug-likeness (QED) is 0.748. The standard InChI is InChI=1S/C13H12N4S2/c1-2-11-16-13(19-17-11)18-10-6-5-9(14)8-4-3-7-15-12(8)10/h3-7H,2,14H2,1H3. The van der Waals surface area contributed by atoms with Crippen LogP contribution in [0.1, 0.15) is 12.7 Å². The molecule has 0 aliphatic carbocycles. The fourth-order valence-corrected chi connectivity index (χ4v) is 3.53. The van der Waals surface area contributed by atoms with Crippen molar-refractivity contribution >= 4 is 39.9 Å². The lowest BCUT2D eigenvalue weighted by Crippen LogP contribution is -1.90. The molecule has 0 atom stereocenters. The Morgan fingerprint density at radius 3 is 3.00 bits per heavy atom. The van der Waals surface area contributed by atoms with E-state index in [2.05, 4.69) is 21.3 Å². The number of anilines is 1. The summed E-state index contributed by atoms with van der Waals surface area (Å²) in [7, 11) is 0. The summed E-state index contributed by atoms with van der Waals surface area (Å²) in [6.07, 6.45) is 2.64. The normalized spacial score (nSPS) is 11.0. The highest BCUT2D eigenvalue weighted by atomic mass is 32.2. The van der Waals surface area contributed by atoms with Crippen molar-refractivity contribution in [1.29, 1.82) is 0 Å². The molecule has 0 unspecified atom stereocenters. The highest BCUT2D eigenvalue weighted by Crippen LogP contribution is 2.35. The summed E-state index contributed by atoms with van der Waals surface area (Å²) in [6, 6.07) is 7.78. The van der Waals surface area contributed by atoms with Gasteiger partial charge in [0, 0.05) is 28.6 Å². The molecule has 0 saturated heterocycles. The highest BCUT2D eigenvalue weighted by molar-refractivity contribution is 8.01. The molecule has 2 N–H and O–H groups in total. The molecule has 0 bridgehead atoms. The number of rotatable bonds is 3. The first-order valence-electron chi connectivity index (χ1n) is 5.91. The first-order valence-corrected chi connectivity index (χ1v) is 7.50. The lowest BCUT2D eigenvalue weighted by molar-refractivity contribution is 0.972. The number of nitrogen functional groups attached to an aromatic ring is 1. The number of benzene rings is 1. The average Bonchev–Trinajstić information content (AvgIpc) is 2.90. The van der Waals surface area contributed by atoms with E-state index in [1.54, 1.807) is 18.0 Å². The maximum atomic E-state index is 5.97. The van der Waals surface area contributed by atoms with Crippen molar-refractivity contribution in [3.05, 3.63) is 36.3 Å². The van der Waals surface area contributed by atoms with Crippen molar-refractivity contribution in [2.24, 2.45) is 0 Å². The van der Waals surface area contributed by atoms with Gasteiger partial charge in [-0.1, -0.05) is 18.7 Å². The third-order valence-corrected chi connectivity index (χ3v) is 4.57. The van der Waals surface area contributed by atoms with Crippen LogP contribution in [0.2, 0.25) is 0 Å². The van der Waals surface area contributed by atoms with E-state index in [1.165, 1.54) is 11.5 Å². The van der Waals surface area contributed by atoms with E-state index >= 15 is 0 Å². The van der Waals surface area contributed by atoms with Crippen LogP contribution in [0.25, 0.3) is 10.9 Å². The Balaban J connectivity index is 2.03. The second kappa shape index (κ2) is 5.14. The minimum atomic E-state index is 0.749. The smallest absolute Gasteiger partial charge is 0.174 e. The van der Waals surface area contributed by atoms with Gasteiger partial charge in [0.2, 0.25) is 0 Å². The zero-order valence-electron chi connectivity index (χ0n) is 10.3. The van der Waals surface area contributed by atoms with Gasteiger partial charge in [0.25, 0.3) is 0 Å². The predicted molar refractivity (Wildman–Crippen MR) is 79.6 cm³/mol. The minimum absolute atomic E-state index is 0.749. The van der Waals surface area contributed by atoms with Gasteiger partial charge in [-0.05, 0) is 35.8 Å². The van der Waals surface area contributed by atoms with Gasteiger partial charge in [-0.2, -0.15) is 4.37 Å². The molecule has 6 heteroatoms. The van der Waals surface area contributed by atoms with E-state index in [0.717, 1.165) is 38.1 Å². The van der Waals surface area contributed by atoms with Crippen LogP contribution < -0.4 is 5.73 Å². The van der Waals surface area contributed by atoms with Gasteiger partial charge >= 0.3 is 0 Å². The molecule has 19 heavy (non-hydrogen) atoms. The fraction of sp³-hybridized carbons (Fsp3) is 0.154. The summed E-state index contributed by atoms with van der Waals surface area (Å²) >= 11 is 3.01. The zero-order valence-corrected chi connectivity index (χ0v) is 12.0. The summed E-state index contributed by atoms with van der Waals surface area (Å²) in [4.78, 5) is 9.94. The molecule has 4 nitrogen and oxygen atoms in total. The van der Waals surface area contributed by atoms with Crippen molar-refractivity contribution in [1.82, 2.24) is 14.3 Å². The van der Waals surface area contributed by atoms with Crippen molar-refractivity contribution in [2.75, 3.05) is 5.73 Å². The van der Waals surface area contributed by atoms with Crippen LogP contribution in [-0.4, -0.2) is 14.3 Å². The van der Waals surface area contributed by atoms with E-state index in [4.69, 9.17) is 5.73 Å². The summed E-state index contributed by atoms with van der Waals surface area (Å²) in [5.41, 5.74) is 7.64. The van der Waals surface area contributed by atoms with Gasteiger partial charge < -0.3 is 5.73 Å². The SMILES string of the molecule is CCc1nsc(Sc2ccc(N)c3cccnc23)n1. The van der Waals surface area contributed by atoms with E-state index in [9.17, 15) is 0 Å². The molecule has 1 aromatic carbocycles. The second-order valence-corrected chi connectivity index (χ2v) is 6.03. The maximum absolute atomic E-state index is 5.97. The van der Waals surface area contributed by atoms with Crippen molar-refractivity contribution in [3.63, 3.8) is 0 Å². The molecule has 0 spiro atoms. The molecule has 2 aromatic heterocycles. The Morgan fingerprint density at radius 1 is 1.32 bits per heavy atom. The number of hydrogen-bond donors (Lipinski definition) is 1. The van der Waals surface area contributed by atoms with Crippen LogP contribution >= 0.6 is 23.3 Å².